The molecule has 1 fully saturated rings. The van der Waals surface area contributed by atoms with Crippen LogP contribution in [-0.2, 0) is 19.4 Å². The van der Waals surface area contributed by atoms with E-state index in [2.05, 4.69) is 10.6 Å². The van der Waals surface area contributed by atoms with Gasteiger partial charge in [0.05, 0.1) is 16.4 Å². The fourth-order valence-electron chi connectivity index (χ4n) is 2.57. The maximum Gasteiger partial charge on any atom is 0.269 e. The van der Waals surface area contributed by atoms with Crippen molar-refractivity contribution in [2.24, 2.45) is 0 Å². The second kappa shape index (κ2) is 9.26. The predicted octanol–water partition coefficient (Wildman–Crippen LogP) is 0.808. The number of nitro benzene ring substituents is 1. The van der Waals surface area contributed by atoms with Crippen molar-refractivity contribution in [1.82, 2.24) is 10.6 Å². The van der Waals surface area contributed by atoms with Gasteiger partial charge in [-0.25, -0.2) is 8.42 Å². The third-order valence-electron chi connectivity index (χ3n) is 4.10. The van der Waals surface area contributed by atoms with Gasteiger partial charge in [0.1, 0.15) is 9.84 Å². The summed E-state index contributed by atoms with van der Waals surface area (Å²) in [6, 6.07) is 5.61. The van der Waals surface area contributed by atoms with Crippen LogP contribution in [0.2, 0.25) is 0 Å². The normalized spacial score (nSPS) is 16.7. The lowest BCUT2D eigenvalue weighted by atomic mass is 10.1. The molecule has 0 spiro atoms. The first-order chi connectivity index (χ1) is 12.7. The van der Waals surface area contributed by atoms with E-state index in [0.29, 0.717) is 18.4 Å². The molecule has 146 valence electrons. The molecule has 0 radical (unpaired) electrons. The number of nitrogens with one attached hydrogen (secondary N) is 2. The molecule has 0 unspecified atom stereocenters. The number of rotatable bonds is 7. The highest BCUT2D eigenvalue weighted by molar-refractivity contribution is 7.91. The molecule has 2 N–H and O–H groups in total. The lowest BCUT2D eigenvalue weighted by Crippen LogP contribution is -2.41. The molecule has 1 heterocycles. The summed E-state index contributed by atoms with van der Waals surface area (Å²) in [7, 11) is -2.96. The van der Waals surface area contributed by atoms with Crippen molar-refractivity contribution in [3.63, 3.8) is 0 Å². The lowest BCUT2D eigenvalue weighted by Gasteiger charge is -2.23. The molecular formula is C17H21N3O6S. The number of carbonyl (C=O) groups excluding carboxylic acids is 2. The highest BCUT2D eigenvalue weighted by Crippen LogP contribution is 2.13. The SMILES string of the molecule is O=C(/C=C/c1ccc([N+](=O)[O-])cc1)NCCC(=O)NC1CCS(=O)(=O)CC1. The minimum atomic E-state index is -2.96. The topological polar surface area (TPSA) is 135 Å². The first-order valence-electron chi connectivity index (χ1n) is 8.45. The van der Waals surface area contributed by atoms with Gasteiger partial charge in [0, 0.05) is 37.2 Å². The van der Waals surface area contributed by atoms with Gasteiger partial charge in [-0.15, -0.1) is 0 Å². The van der Waals surface area contributed by atoms with Gasteiger partial charge in [-0.2, -0.15) is 0 Å². The van der Waals surface area contributed by atoms with E-state index in [1.807, 2.05) is 0 Å². The molecule has 9 nitrogen and oxygen atoms in total. The van der Waals surface area contributed by atoms with Gasteiger partial charge in [0.2, 0.25) is 11.8 Å². The van der Waals surface area contributed by atoms with Gasteiger partial charge >= 0.3 is 0 Å². The Bertz CT molecular complexity index is 819. The molecule has 1 aliphatic rings. The number of sulfone groups is 1. The zero-order valence-electron chi connectivity index (χ0n) is 14.6. The molecule has 0 atom stereocenters. The van der Waals surface area contributed by atoms with Crippen LogP contribution >= 0.6 is 0 Å². The van der Waals surface area contributed by atoms with E-state index >= 15 is 0 Å². The number of hydrogen-bond acceptors (Lipinski definition) is 6. The Morgan fingerprint density at radius 2 is 1.81 bits per heavy atom. The number of hydrogen-bond donors (Lipinski definition) is 2. The van der Waals surface area contributed by atoms with Crippen LogP contribution in [-0.4, -0.2) is 49.2 Å². The number of carbonyl (C=O) groups is 2. The lowest BCUT2D eigenvalue weighted by molar-refractivity contribution is -0.384. The molecule has 0 aromatic heterocycles. The molecule has 10 heteroatoms. The van der Waals surface area contributed by atoms with Crippen molar-refractivity contribution in [1.29, 1.82) is 0 Å². The Morgan fingerprint density at radius 3 is 2.41 bits per heavy atom. The average molecular weight is 395 g/mol. The monoisotopic (exact) mass is 395 g/mol. The van der Waals surface area contributed by atoms with E-state index in [9.17, 15) is 28.1 Å². The summed E-state index contributed by atoms with van der Waals surface area (Å²) < 4.78 is 22.7. The van der Waals surface area contributed by atoms with Gasteiger partial charge in [-0.1, -0.05) is 0 Å². The maximum absolute atomic E-state index is 11.8. The van der Waals surface area contributed by atoms with Crippen molar-refractivity contribution in [2.75, 3.05) is 18.1 Å². The minimum Gasteiger partial charge on any atom is -0.353 e. The van der Waals surface area contributed by atoms with Crippen LogP contribution in [0.25, 0.3) is 6.08 Å². The van der Waals surface area contributed by atoms with Gasteiger partial charge in [0.15, 0.2) is 0 Å². The van der Waals surface area contributed by atoms with Crippen LogP contribution in [0.1, 0.15) is 24.8 Å². The van der Waals surface area contributed by atoms with Crippen LogP contribution in [0.3, 0.4) is 0 Å². The number of nitrogens with zero attached hydrogens (tertiary/aromatic N) is 1. The van der Waals surface area contributed by atoms with Crippen molar-refractivity contribution in [2.45, 2.75) is 25.3 Å². The van der Waals surface area contributed by atoms with Crippen LogP contribution < -0.4 is 10.6 Å². The smallest absolute Gasteiger partial charge is 0.269 e. The number of amides is 2. The van der Waals surface area contributed by atoms with Crippen LogP contribution in [0, 0.1) is 10.1 Å². The summed E-state index contributed by atoms with van der Waals surface area (Å²) in [5.41, 5.74) is 0.610. The van der Waals surface area contributed by atoms with Crippen molar-refractivity contribution in [3.05, 3.63) is 46.0 Å². The molecule has 27 heavy (non-hydrogen) atoms. The number of non-ortho nitro benzene ring substituents is 1. The van der Waals surface area contributed by atoms with Gasteiger partial charge < -0.3 is 10.6 Å². The van der Waals surface area contributed by atoms with Crippen LogP contribution in [0.5, 0.6) is 0 Å². The van der Waals surface area contributed by atoms with E-state index in [1.165, 1.54) is 36.4 Å². The van der Waals surface area contributed by atoms with E-state index in [1.54, 1.807) is 0 Å². The number of nitro groups is 1. The van der Waals surface area contributed by atoms with Gasteiger partial charge in [-0.05, 0) is 36.6 Å². The highest BCUT2D eigenvalue weighted by atomic mass is 32.2. The standard InChI is InChI=1S/C17H21N3O6S/c21-16(6-3-13-1-4-15(5-2-13)20(23)24)18-10-7-17(22)19-14-8-11-27(25,26)12-9-14/h1-6,14H,7-12H2,(H,18,21)(H,19,22)/b6-3+. The highest BCUT2D eigenvalue weighted by Gasteiger charge is 2.24. The molecular weight excluding hydrogens is 374 g/mol. The third-order valence-corrected chi connectivity index (χ3v) is 5.82. The Morgan fingerprint density at radius 1 is 1.19 bits per heavy atom. The molecule has 2 rings (SSSR count). The Balaban J connectivity index is 1.68. The summed E-state index contributed by atoms with van der Waals surface area (Å²) in [4.78, 5) is 33.6. The fourth-order valence-corrected chi connectivity index (χ4v) is 4.06. The Labute approximate surface area is 156 Å². The summed E-state index contributed by atoms with van der Waals surface area (Å²) in [6.07, 6.45) is 3.73. The summed E-state index contributed by atoms with van der Waals surface area (Å²) in [5, 5.41) is 15.9. The first-order valence-corrected chi connectivity index (χ1v) is 10.3. The van der Waals surface area contributed by atoms with E-state index in [4.69, 9.17) is 0 Å². The quantitative estimate of drug-likeness (QED) is 0.398. The van der Waals surface area contributed by atoms with Gasteiger partial charge in [-0.3, -0.25) is 19.7 Å². The summed E-state index contributed by atoms with van der Waals surface area (Å²) in [5.74, 6) is -0.451. The van der Waals surface area contributed by atoms with E-state index in [0.717, 1.165) is 0 Å². The zero-order chi connectivity index (χ0) is 19.9. The molecule has 0 aliphatic carbocycles. The largest absolute Gasteiger partial charge is 0.353 e. The van der Waals surface area contributed by atoms with Crippen molar-refractivity contribution in [3.8, 4) is 0 Å². The average Bonchev–Trinajstić information content (AvgIpc) is 2.62. The first kappa shape index (κ1) is 20.6. The molecule has 1 saturated heterocycles. The number of benzene rings is 1. The second-order valence-electron chi connectivity index (χ2n) is 6.22. The molecule has 2 amide bonds. The predicted molar refractivity (Wildman–Crippen MR) is 99.6 cm³/mol. The Kier molecular flexibility index (Phi) is 7.05. The fraction of sp³-hybridized carbons (Fsp3) is 0.412. The molecule has 1 aromatic rings. The summed E-state index contributed by atoms with van der Waals surface area (Å²) in [6.45, 7) is 0.153. The zero-order valence-corrected chi connectivity index (χ0v) is 15.4. The maximum atomic E-state index is 11.8. The van der Waals surface area contributed by atoms with Crippen LogP contribution in [0.15, 0.2) is 30.3 Å². The van der Waals surface area contributed by atoms with E-state index in [-0.39, 0.29) is 48.0 Å². The minimum absolute atomic E-state index is 0.0295. The second-order valence-corrected chi connectivity index (χ2v) is 8.52. The molecule has 0 saturated carbocycles. The molecule has 1 aliphatic heterocycles. The van der Waals surface area contributed by atoms with Crippen LogP contribution in [0.4, 0.5) is 5.69 Å². The molecule has 1 aromatic carbocycles. The van der Waals surface area contributed by atoms with Crippen molar-refractivity contribution >= 4 is 33.4 Å². The van der Waals surface area contributed by atoms with Gasteiger partial charge in [0.25, 0.3) is 5.69 Å². The Hall–Kier alpha value is -2.75. The summed E-state index contributed by atoms with van der Waals surface area (Å²) >= 11 is 0. The third kappa shape index (κ3) is 7.18. The van der Waals surface area contributed by atoms with Crippen molar-refractivity contribution < 1.29 is 22.9 Å². The van der Waals surface area contributed by atoms with E-state index < -0.39 is 14.8 Å². The molecule has 0 bridgehead atoms.